The standard InChI is InChI=1S/C19H15F4N3O2S2/c20-13-5-4-12(10-16(13)23)17-11-29-19(24-17)25-6-8-26(9-7-25)30(27,28)18-14(21)2-1-3-15(18)22/h1-5,10-11H,6-9H2. The van der Waals surface area contributed by atoms with E-state index in [1.807, 2.05) is 4.90 Å². The van der Waals surface area contributed by atoms with Gasteiger partial charge in [-0.25, -0.2) is 31.0 Å². The maximum absolute atomic E-state index is 13.9. The van der Waals surface area contributed by atoms with Crippen LogP contribution in [0.5, 0.6) is 0 Å². The summed E-state index contributed by atoms with van der Waals surface area (Å²) in [6.07, 6.45) is 0. The van der Waals surface area contributed by atoms with Gasteiger partial charge in [0.1, 0.15) is 11.6 Å². The average Bonchev–Trinajstić information content (AvgIpc) is 3.20. The number of aromatic nitrogens is 1. The predicted octanol–water partition coefficient (Wildman–Crippen LogP) is 3.88. The van der Waals surface area contributed by atoms with Crippen LogP contribution in [-0.2, 0) is 10.0 Å². The van der Waals surface area contributed by atoms with E-state index in [0.717, 1.165) is 34.6 Å². The van der Waals surface area contributed by atoms with Gasteiger partial charge in [-0.3, -0.25) is 0 Å². The molecule has 1 aliphatic heterocycles. The second kappa shape index (κ2) is 7.97. The number of halogens is 4. The summed E-state index contributed by atoms with van der Waals surface area (Å²) >= 11 is 1.28. The summed E-state index contributed by atoms with van der Waals surface area (Å²) in [4.78, 5) is 5.30. The molecule has 1 aliphatic rings. The van der Waals surface area contributed by atoms with E-state index in [-0.39, 0.29) is 26.2 Å². The minimum absolute atomic E-state index is 0.0240. The Bertz CT molecular complexity index is 1170. The topological polar surface area (TPSA) is 53.5 Å². The van der Waals surface area contributed by atoms with Gasteiger partial charge in [-0.1, -0.05) is 6.07 Å². The van der Waals surface area contributed by atoms with Gasteiger partial charge in [0.25, 0.3) is 0 Å². The SMILES string of the molecule is O=S(=O)(c1c(F)cccc1F)N1CCN(c2nc(-c3ccc(F)c(F)c3)cs2)CC1. The summed E-state index contributed by atoms with van der Waals surface area (Å²) in [5.41, 5.74) is 0.894. The van der Waals surface area contributed by atoms with Crippen molar-refractivity contribution < 1.29 is 26.0 Å². The second-order valence-corrected chi connectivity index (χ2v) is 9.30. The Morgan fingerprint density at radius 3 is 2.17 bits per heavy atom. The lowest BCUT2D eigenvalue weighted by Crippen LogP contribution is -2.49. The Kier molecular flexibility index (Phi) is 5.51. The first-order valence-electron chi connectivity index (χ1n) is 8.87. The maximum atomic E-state index is 13.9. The fourth-order valence-corrected chi connectivity index (χ4v) is 5.60. The molecule has 0 bridgehead atoms. The van der Waals surface area contributed by atoms with Crippen molar-refractivity contribution in [2.45, 2.75) is 4.90 Å². The molecule has 0 atom stereocenters. The molecule has 0 spiro atoms. The van der Waals surface area contributed by atoms with Crippen molar-refractivity contribution in [2.24, 2.45) is 0 Å². The van der Waals surface area contributed by atoms with Crippen LogP contribution in [0.1, 0.15) is 0 Å². The van der Waals surface area contributed by atoms with Crippen LogP contribution in [0.15, 0.2) is 46.7 Å². The Hall–Kier alpha value is -2.50. The number of anilines is 1. The largest absolute Gasteiger partial charge is 0.345 e. The number of piperazine rings is 1. The average molecular weight is 457 g/mol. The van der Waals surface area contributed by atoms with E-state index in [1.54, 1.807) is 5.38 Å². The molecule has 0 amide bonds. The van der Waals surface area contributed by atoms with Crippen molar-refractivity contribution in [3.05, 3.63) is 65.0 Å². The smallest absolute Gasteiger partial charge is 0.249 e. The molecule has 4 rings (SSSR count). The van der Waals surface area contributed by atoms with Gasteiger partial charge in [0.05, 0.1) is 5.69 Å². The van der Waals surface area contributed by atoms with Crippen molar-refractivity contribution >= 4 is 26.5 Å². The molecular formula is C19H15F4N3O2S2. The molecule has 1 aromatic heterocycles. The van der Waals surface area contributed by atoms with Gasteiger partial charge in [-0.2, -0.15) is 4.31 Å². The third kappa shape index (κ3) is 3.80. The molecule has 5 nitrogen and oxygen atoms in total. The third-order valence-corrected chi connectivity index (χ3v) is 7.59. The lowest BCUT2D eigenvalue weighted by molar-refractivity contribution is 0.378. The van der Waals surface area contributed by atoms with Crippen LogP contribution in [0.25, 0.3) is 11.3 Å². The van der Waals surface area contributed by atoms with Crippen molar-refractivity contribution in [1.82, 2.24) is 9.29 Å². The molecule has 3 aromatic rings. The molecule has 2 heterocycles. The Balaban J connectivity index is 1.49. The number of nitrogens with zero attached hydrogens (tertiary/aromatic N) is 3. The summed E-state index contributed by atoms with van der Waals surface area (Å²) in [6, 6.07) is 6.42. The van der Waals surface area contributed by atoms with Crippen molar-refractivity contribution in [1.29, 1.82) is 0 Å². The van der Waals surface area contributed by atoms with Gasteiger partial charge >= 0.3 is 0 Å². The van der Waals surface area contributed by atoms with Gasteiger partial charge in [-0.05, 0) is 30.3 Å². The number of thiazole rings is 1. The van der Waals surface area contributed by atoms with Gasteiger partial charge in [0.15, 0.2) is 21.7 Å². The van der Waals surface area contributed by atoms with Crippen LogP contribution in [0, 0.1) is 23.3 Å². The molecule has 0 radical (unpaired) electrons. The molecule has 11 heteroatoms. The van der Waals surface area contributed by atoms with Gasteiger partial charge in [0.2, 0.25) is 10.0 Å². The second-order valence-electron chi connectivity index (χ2n) is 6.59. The molecule has 0 N–H and O–H groups in total. The van der Waals surface area contributed by atoms with Crippen LogP contribution < -0.4 is 4.90 Å². The molecular weight excluding hydrogens is 442 g/mol. The highest BCUT2D eigenvalue weighted by Crippen LogP contribution is 2.30. The summed E-state index contributed by atoms with van der Waals surface area (Å²) in [5, 5.41) is 2.28. The number of sulfonamides is 1. The van der Waals surface area contributed by atoms with Gasteiger partial charge in [0, 0.05) is 37.1 Å². The number of hydrogen-bond acceptors (Lipinski definition) is 5. The van der Waals surface area contributed by atoms with E-state index >= 15 is 0 Å². The quantitative estimate of drug-likeness (QED) is 0.558. The fourth-order valence-electron chi connectivity index (χ4n) is 3.18. The number of benzene rings is 2. The van der Waals surface area contributed by atoms with Crippen LogP contribution in [0.2, 0.25) is 0 Å². The molecule has 158 valence electrons. The Morgan fingerprint density at radius 2 is 1.53 bits per heavy atom. The normalized spacial score (nSPS) is 15.5. The molecule has 0 saturated carbocycles. The Labute approximate surface area is 174 Å². The molecule has 1 fully saturated rings. The zero-order chi connectivity index (χ0) is 21.5. The molecule has 0 aliphatic carbocycles. The van der Waals surface area contributed by atoms with Gasteiger partial charge < -0.3 is 4.90 Å². The van der Waals surface area contributed by atoms with Crippen LogP contribution in [0.4, 0.5) is 22.7 Å². The molecule has 30 heavy (non-hydrogen) atoms. The molecule has 0 unspecified atom stereocenters. The lowest BCUT2D eigenvalue weighted by Gasteiger charge is -2.33. The van der Waals surface area contributed by atoms with Crippen LogP contribution in [0.3, 0.4) is 0 Å². The Morgan fingerprint density at radius 1 is 0.867 bits per heavy atom. The first-order chi connectivity index (χ1) is 14.3. The van der Waals surface area contributed by atoms with Gasteiger partial charge in [-0.15, -0.1) is 11.3 Å². The van der Waals surface area contributed by atoms with Crippen molar-refractivity contribution in [2.75, 3.05) is 31.1 Å². The zero-order valence-electron chi connectivity index (χ0n) is 15.4. The van der Waals surface area contributed by atoms with E-state index in [9.17, 15) is 26.0 Å². The van der Waals surface area contributed by atoms with Crippen LogP contribution >= 0.6 is 11.3 Å². The van der Waals surface area contributed by atoms with Crippen molar-refractivity contribution in [3.8, 4) is 11.3 Å². The first kappa shape index (κ1) is 20.8. The minimum Gasteiger partial charge on any atom is -0.345 e. The summed E-state index contributed by atoms with van der Waals surface area (Å²) in [5.74, 6) is -4.18. The summed E-state index contributed by atoms with van der Waals surface area (Å²) in [7, 11) is -4.31. The van der Waals surface area contributed by atoms with E-state index in [4.69, 9.17) is 0 Å². The fraction of sp³-hybridized carbons (Fsp3) is 0.211. The molecule has 2 aromatic carbocycles. The molecule has 1 saturated heterocycles. The highest BCUT2D eigenvalue weighted by molar-refractivity contribution is 7.89. The van der Waals surface area contributed by atoms with Crippen LogP contribution in [-0.4, -0.2) is 43.9 Å². The monoisotopic (exact) mass is 457 g/mol. The summed E-state index contributed by atoms with van der Waals surface area (Å²) in [6.45, 7) is 0.576. The number of hydrogen-bond donors (Lipinski definition) is 0. The van der Waals surface area contributed by atoms with E-state index < -0.39 is 38.2 Å². The minimum atomic E-state index is -4.31. The van der Waals surface area contributed by atoms with E-state index in [2.05, 4.69) is 4.98 Å². The first-order valence-corrected chi connectivity index (χ1v) is 11.2. The highest BCUT2D eigenvalue weighted by Gasteiger charge is 2.33. The zero-order valence-corrected chi connectivity index (χ0v) is 17.0. The number of rotatable bonds is 4. The highest BCUT2D eigenvalue weighted by atomic mass is 32.2. The van der Waals surface area contributed by atoms with E-state index in [0.29, 0.717) is 16.4 Å². The third-order valence-electron chi connectivity index (χ3n) is 4.73. The lowest BCUT2D eigenvalue weighted by atomic mass is 10.2. The van der Waals surface area contributed by atoms with Crippen molar-refractivity contribution in [3.63, 3.8) is 0 Å². The summed E-state index contributed by atoms with van der Waals surface area (Å²) < 4.78 is 80.8. The van der Waals surface area contributed by atoms with E-state index in [1.165, 1.54) is 17.4 Å². The maximum Gasteiger partial charge on any atom is 0.249 e. The predicted molar refractivity (Wildman–Crippen MR) is 105 cm³/mol.